The highest BCUT2D eigenvalue weighted by atomic mass is 32.2. The summed E-state index contributed by atoms with van der Waals surface area (Å²) < 4.78 is 35.5. The molecule has 0 amide bonds. The molecule has 5 nitrogen and oxygen atoms in total. The molecule has 0 aliphatic carbocycles. The average molecular weight is 441 g/mol. The van der Waals surface area contributed by atoms with Crippen LogP contribution >= 0.6 is 0 Å². The zero-order valence-corrected chi connectivity index (χ0v) is 20.0. The Kier molecular flexibility index (Phi) is 7.02. The van der Waals surface area contributed by atoms with E-state index in [2.05, 4.69) is 23.6 Å². The summed E-state index contributed by atoms with van der Waals surface area (Å²) >= 11 is 0. The number of rotatable bonds is 8. The third-order valence-electron chi connectivity index (χ3n) is 5.45. The van der Waals surface area contributed by atoms with E-state index in [1.807, 2.05) is 52.0 Å². The highest BCUT2D eigenvalue weighted by molar-refractivity contribution is 7.89. The number of aromatic nitrogens is 1. The fraction of sp³-hybridized carbons (Fsp3) is 0.400. The van der Waals surface area contributed by atoms with Gasteiger partial charge in [-0.2, -0.15) is 0 Å². The number of sulfonamides is 1. The van der Waals surface area contributed by atoms with E-state index in [0.717, 1.165) is 16.7 Å². The van der Waals surface area contributed by atoms with Gasteiger partial charge in [-0.15, -0.1) is 0 Å². The molecule has 3 aromatic rings. The van der Waals surface area contributed by atoms with Crippen LogP contribution in [0.25, 0.3) is 11.5 Å². The number of nitrogens with zero attached hydrogens (tertiary/aromatic N) is 1. The normalized spacial score (nSPS) is 12.3. The van der Waals surface area contributed by atoms with Crippen molar-refractivity contribution in [2.45, 2.75) is 70.7 Å². The van der Waals surface area contributed by atoms with Gasteiger partial charge in [-0.25, -0.2) is 13.1 Å². The van der Waals surface area contributed by atoms with Crippen LogP contribution in [0, 0.1) is 0 Å². The summed E-state index contributed by atoms with van der Waals surface area (Å²) in [5, 5.41) is 0. The van der Waals surface area contributed by atoms with Crippen LogP contribution in [-0.4, -0.2) is 13.4 Å². The second-order valence-corrected chi connectivity index (χ2v) is 10.5. The molecule has 0 atom stereocenters. The van der Waals surface area contributed by atoms with Crippen molar-refractivity contribution in [3.8, 4) is 11.5 Å². The quantitative estimate of drug-likeness (QED) is 0.453. The number of hydrogen-bond donors (Lipinski definition) is 1. The highest BCUT2D eigenvalue weighted by Gasteiger charge is 2.27. The molecule has 6 heteroatoms. The minimum Gasteiger partial charge on any atom is -0.463 e. The fourth-order valence-electron chi connectivity index (χ4n) is 3.66. The molecule has 166 valence electrons. The molecule has 0 unspecified atom stereocenters. The molecule has 2 aromatic heterocycles. The molecule has 31 heavy (non-hydrogen) atoms. The summed E-state index contributed by atoms with van der Waals surface area (Å²) in [7, 11) is -3.75. The Morgan fingerprint density at radius 1 is 0.935 bits per heavy atom. The first-order valence-corrected chi connectivity index (χ1v) is 12.2. The number of hydrogen-bond acceptors (Lipinski definition) is 4. The molecule has 0 spiro atoms. The SMILES string of the molecule is CC(C)c1cc(C(C)C)c(S(=O)(=O)NCc2cccnc2-c2ccco2)c(C(C)C)c1. The van der Waals surface area contributed by atoms with Crippen LogP contribution in [-0.2, 0) is 16.6 Å². The largest absolute Gasteiger partial charge is 0.463 e. The molecule has 0 radical (unpaired) electrons. The Balaban J connectivity index is 2.03. The minimum atomic E-state index is -3.75. The van der Waals surface area contributed by atoms with Gasteiger partial charge in [0.2, 0.25) is 10.0 Å². The lowest BCUT2D eigenvalue weighted by Crippen LogP contribution is -2.27. The van der Waals surface area contributed by atoms with Gasteiger partial charge in [-0.1, -0.05) is 59.7 Å². The van der Waals surface area contributed by atoms with Crippen LogP contribution in [0.3, 0.4) is 0 Å². The Morgan fingerprint density at radius 2 is 1.58 bits per heavy atom. The van der Waals surface area contributed by atoms with Gasteiger partial charge in [-0.05, 0) is 58.2 Å². The first kappa shape index (κ1) is 23.2. The molecule has 0 aliphatic heterocycles. The fourth-order valence-corrected chi connectivity index (χ4v) is 5.36. The lowest BCUT2D eigenvalue weighted by atomic mass is 9.89. The van der Waals surface area contributed by atoms with Crippen molar-refractivity contribution in [1.29, 1.82) is 0 Å². The van der Waals surface area contributed by atoms with Crippen molar-refractivity contribution < 1.29 is 12.8 Å². The summed E-state index contributed by atoms with van der Waals surface area (Å²) in [5.74, 6) is 1.10. The van der Waals surface area contributed by atoms with Gasteiger partial charge in [0.05, 0.1) is 11.2 Å². The van der Waals surface area contributed by atoms with E-state index in [0.29, 0.717) is 22.3 Å². The van der Waals surface area contributed by atoms with Gasteiger partial charge in [-0.3, -0.25) is 4.98 Å². The Morgan fingerprint density at radius 3 is 2.10 bits per heavy atom. The maximum absolute atomic E-state index is 13.6. The molecule has 2 heterocycles. The molecular formula is C25H32N2O3S. The Bertz CT molecular complexity index is 1100. The van der Waals surface area contributed by atoms with Crippen LogP contribution < -0.4 is 4.72 Å². The van der Waals surface area contributed by atoms with Crippen LogP contribution in [0.1, 0.15) is 81.5 Å². The van der Waals surface area contributed by atoms with E-state index in [1.54, 1.807) is 24.6 Å². The van der Waals surface area contributed by atoms with E-state index in [4.69, 9.17) is 4.42 Å². The van der Waals surface area contributed by atoms with E-state index < -0.39 is 10.0 Å². The first-order valence-electron chi connectivity index (χ1n) is 10.8. The van der Waals surface area contributed by atoms with Gasteiger partial charge in [0.15, 0.2) is 5.76 Å². The number of nitrogens with one attached hydrogen (secondary N) is 1. The maximum Gasteiger partial charge on any atom is 0.241 e. The maximum atomic E-state index is 13.6. The number of furan rings is 1. The third kappa shape index (κ3) is 5.08. The molecular weight excluding hydrogens is 408 g/mol. The molecule has 0 saturated carbocycles. The Labute approximate surface area is 186 Å². The smallest absolute Gasteiger partial charge is 0.241 e. The van der Waals surface area contributed by atoms with Crippen LogP contribution in [0.15, 0.2) is 58.2 Å². The van der Waals surface area contributed by atoms with E-state index >= 15 is 0 Å². The van der Waals surface area contributed by atoms with Gasteiger partial charge in [0, 0.05) is 12.7 Å². The van der Waals surface area contributed by atoms with Crippen molar-refractivity contribution in [2.75, 3.05) is 0 Å². The first-order chi connectivity index (χ1) is 14.6. The zero-order chi connectivity index (χ0) is 22.8. The molecule has 0 aliphatic rings. The van der Waals surface area contributed by atoms with Gasteiger partial charge in [0.1, 0.15) is 5.69 Å². The van der Waals surface area contributed by atoms with E-state index in [9.17, 15) is 8.42 Å². The summed E-state index contributed by atoms with van der Waals surface area (Å²) in [4.78, 5) is 4.80. The predicted molar refractivity (Wildman–Crippen MR) is 125 cm³/mol. The minimum absolute atomic E-state index is 0.0832. The van der Waals surface area contributed by atoms with Gasteiger partial charge in [0.25, 0.3) is 0 Å². The third-order valence-corrected chi connectivity index (χ3v) is 6.98. The van der Waals surface area contributed by atoms with Crippen LogP contribution in [0.2, 0.25) is 0 Å². The monoisotopic (exact) mass is 440 g/mol. The van der Waals surface area contributed by atoms with Gasteiger partial charge >= 0.3 is 0 Å². The lowest BCUT2D eigenvalue weighted by Gasteiger charge is -2.23. The van der Waals surface area contributed by atoms with Crippen LogP contribution in [0.4, 0.5) is 0 Å². The van der Waals surface area contributed by atoms with Crippen molar-refractivity contribution >= 4 is 10.0 Å². The second kappa shape index (κ2) is 9.37. The summed E-state index contributed by atoms with van der Waals surface area (Å²) in [6.07, 6.45) is 3.26. The van der Waals surface area contributed by atoms with Crippen molar-refractivity contribution in [1.82, 2.24) is 9.71 Å². The molecule has 1 N–H and O–H groups in total. The van der Waals surface area contributed by atoms with Crippen molar-refractivity contribution in [2.24, 2.45) is 0 Å². The predicted octanol–water partition coefficient (Wildman–Crippen LogP) is 6.19. The molecule has 0 bridgehead atoms. The summed E-state index contributed by atoms with van der Waals surface area (Å²) in [6, 6.07) is 11.4. The lowest BCUT2D eigenvalue weighted by molar-refractivity contribution is 0.572. The second-order valence-electron chi connectivity index (χ2n) is 8.81. The molecule has 1 aromatic carbocycles. The molecule has 0 fully saturated rings. The summed E-state index contributed by atoms with van der Waals surface area (Å²) in [5.41, 5.74) is 4.29. The zero-order valence-electron chi connectivity index (χ0n) is 19.1. The standard InChI is InChI=1S/C25H32N2O3S/c1-16(2)20-13-21(17(3)4)25(22(14-20)18(5)6)31(28,29)27-15-19-9-7-11-26-24(19)23-10-8-12-30-23/h7-14,16-18,27H,15H2,1-6H3. The number of pyridine rings is 1. The molecule has 0 saturated heterocycles. The number of benzene rings is 1. The highest BCUT2D eigenvalue weighted by Crippen LogP contribution is 2.35. The Hall–Kier alpha value is -2.44. The van der Waals surface area contributed by atoms with E-state index in [1.165, 1.54) is 5.56 Å². The van der Waals surface area contributed by atoms with Gasteiger partial charge < -0.3 is 4.42 Å². The van der Waals surface area contributed by atoms with Crippen molar-refractivity contribution in [3.05, 3.63) is 71.1 Å². The van der Waals surface area contributed by atoms with Crippen molar-refractivity contribution in [3.63, 3.8) is 0 Å². The van der Waals surface area contributed by atoms with Crippen LogP contribution in [0.5, 0.6) is 0 Å². The molecule has 3 rings (SSSR count). The topological polar surface area (TPSA) is 72.2 Å². The average Bonchev–Trinajstić information content (AvgIpc) is 3.26. The van der Waals surface area contributed by atoms with E-state index in [-0.39, 0.29) is 18.4 Å². The summed E-state index contributed by atoms with van der Waals surface area (Å²) in [6.45, 7) is 12.6.